The zero-order valence-electron chi connectivity index (χ0n) is 16.6. The third-order valence-electron chi connectivity index (χ3n) is 6.44. The summed E-state index contributed by atoms with van der Waals surface area (Å²) < 4.78 is 0. The fourth-order valence-corrected chi connectivity index (χ4v) is 5.89. The third-order valence-corrected chi connectivity index (χ3v) is 7.49. The summed E-state index contributed by atoms with van der Waals surface area (Å²) >= 11 is 1.56. The highest BCUT2D eigenvalue weighted by Crippen LogP contribution is 2.37. The Balaban J connectivity index is 1.34. The van der Waals surface area contributed by atoms with Crippen LogP contribution >= 0.6 is 11.3 Å². The second-order valence-electron chi connectivity index (χ2n) is 8.63. The number of hydrogen-bond donors (Lipinski definition) is 3. The van der Waals surface area contributed by atoms with E-state index in [2.05, 4.69) is 20.9 Å². The summed E-state index contributed by atoms with van der Waals surface area (Å²) in [6.45, 7) is 2.78. The number of carbonyl (C=O) groups is 2. The van der Waals surface area contributed by atoms with Crippen molar-refractivity contribution in [2.75, 3.05) is 25.0 Å². The summed E-state index contributed by atoms with van der Waals surface area (Å²) in [6.07, 6.45) is 10.7. The van der Waals surface area contributed by atoms with Crippen LogP contribution in [0.5, 0.6) is 0 Å². The van der Waals surface area contributed by atoms with Crippen LogP contribution in [0, 0.1) is 11.8 Å². The first-order valence-corrected chi connectivity index (χ1v) is 11.8. The Morgan fingerprint density at radius 3 is 2.71 bits per heavy atom. The molecule has 1 aromatic rings. The number of carbonyl (C=O) groups excluding carboxylic acids is 2. The van der Waals surface area contributed by atoms with Crippen LogP contribution in [0.3, 0.4) is 0 Å². The molecule has 0 radical (unpaired) electrons. The topological polar surface area (TPSA) is 83.1 Å². The van der Waals surface area contributed by atoms with Gasteiger partial charge in [0, 0.05) is 17.8 Å². The summed E-state index contributed by atoms with van der Waals surface area (Å²) in [7, 11) is 0. The van der Waals surface area contributed by atoms with E-state index < -0.39 is 0 Å². The van der Waals surface area contributed by atoms with Crippen LogP contribution < -0.4 is 16.0 Å². The predicted molar refractivity (Wildman–Crippen MR) is 112 cm³/mol. The number of fused-ring (bicyclic) bond motifs is 1. The molecule has 0 spiro atoms. The fourth-order valence-electron chi connectivity index (χ4n) is 4.81. The minimum absolute atomic E-state index is 0.0766. The summed E-state index contributed by atoms with van der Waals surface area (Å²) in [5.74, 6) is 1.06. The van der Waals surface area contributed by atoms with Crippen molar-refractivity contribution >= 4 is 28.3 Å². The van der Waals surface area contributed by atoms with Gasteiger partial charge >= 0.3 is 0 Å². The van der Waals surface area contributed by atoms with Gasteiger partial charge in [0.1, 0.15) is 0 Å². The summed E-state index contributed by atoms with van der Waals surface area (Å²) in [5, 5.41) is 10.2. The molecule has 2 atom stereocenters. The first kappa shape index (κ1) is 19.8. The van der Waals surface area contributed by atoms with Gasteiger partial charge in [-0.25, -0.2) is 4.98 Å². The molecular weight excluding hydrogens is 372 g/mol. The summed E-state index contributed by atoms with van der Waals surface area (Å²) in [5.41, 5.74) is 0.895. The van der Waals surface area contributed by atoms with E-state index in [1.165, 1.54) is 37.0 Å². The Hall–Kier alpha value is -1.47. The van der Waals surface area contributed by atoms with Gasteiger partial charge in [-0.15, -0.1) is 11.3 Å². The van der Waals surface area contributed by atoms with Crippen LogP contribution in [0.15, 0.2) is 0 Å². The molecule has 1 saturated carbocycles. The molecule has 2 fully saturated rings. The maximum atomic E-state index is 12.8. The number of aromatic nitrogens is 1. The second-order valence-corrected chi connectivity index (χ2v) is 9.72. The molecule has 3 aliphatic rings. The molecular formula is C21H32N4O2S. The standard InChI is InChI=1S/C21H32N4O2S/c26-18(11-14-5-2-1-3-6-14)24-21-25-19-16(7-4-8-17(19)28-21)20(27)23-13-15-9-10-22-12-15/h14-16,22H,1-13H2,(H,23,27)(H,24,25,26). The molecule has 0 aromatic carbocycles. The van der Waals surface area contributed by atoms with E-state index in [0.29, 0.717) is 23.4 Å². The van der Waals surface area contributed by atoms with Crippen molar-refractivity contribution in [3.63, 3.8) is 0 Å². The van der Waals surface area contributed by atoms with Crippen molar-refractivity contribution in [2.45, 2.75) is 70.1 Å². The molecule has 1 aromatic heterocycles. The SMILES string of the molecule is O=C(CC1CCCCC1)Nc1nc2c(s1)CCCC2C(=O)NCC1CCNC1. The van der Waals surface area contributed by atoms with Gasteiger partial charge in [-0.3, -0.25) is 9.59 Å². The molecule has 7 heteroatoms. The third kappa shape index (κ3) is 4.92. The van der Waals surface area contributed by atoms with Gasteiger partial charge < -0.3 is 16.0 Å². The van der Waals surface area contributed by atoms with Gasteiger partial charge in [0.2, 0.25) is 11.8 Å². The number of aryl methyl sites for hydroxylation is 1. The van der Waals surface area contributed by atoms with Crippen molar-refractivity contribution < 1.29 is 9.59 Å². The molecule has 2 amide bonds. The van der Waals surface area contributed by atoms with Crippen LogP contribution in [0.2, 0.25) is 0 Å². The second kappa shape index (κ2) is 9.35. The molecule has 2 unspecified atom stereocenters. The maximum Gasteiger partial charge on any atom is 0.229 e. The highest BCUT2D eigenvalue weighted by atomic mass is 32.1. The lowest BCUT2D eigenvalue weighted by Crippen LogP contribution is -2.35. The Morgan fingerprint density at radius 1 is 1.07 bits per heavy atom. The van der Waals surface area contributed by atoms with Crippen molar-refractivity contribution in [1.82, 2.24) is 15.6 Å². The van der Waals surface area contributed by atoms with E-state index in [-0.39, 0.29) is 17.7 Å². The number of hydrogen-bond acceptors (Lipinski definition) is 5. The summed E-state index contributed by atoms with van der Waals surface area (Å²) in [6, 6.07) is 0. The quantitative estimate of drug-likeness (QED) is 0.680. The number of amides is 2. The zero-order chi connectivity index (χ0) is 19.3. The van der Waals surface area contributed by atoms with Crippen molar-refractivity contribution in [1.29, 1.82) is 0 Å². The monoisotopic (exact) mass is 404 g/mol. The molecule has 3 N–H and O–H groups in total. The Labute approximate surface area is 171 Å². The molecule has 1 aliphatic heterocycles. The molecule has 28 heavy (non-hydrogen) atoms. The minimum atomic E-state index is -0.168. The smallest absolute Gasteiger partial charge is 0.229 e. The van der Waals surface area contributed by atoms with Crippen LogP contribution in [0.25, 0.3) is 0 Å². The van der Waals surface area contributed by atoms with E-state index in [1.807, 2.05) is 0 Å². The largest absolute Gasteiger partial charge is 0.355 e. The lowest BCUT2D eigenvalue weighted by molar-refractivity contribution is -0.123. The lowest BCUT2D eigenvalue weighted by Gasteiger charge is -2.21. The van der Waals surface area contributed by atoms with Gasteiger partial charge in [-0.1, -0.05) is 19.3 Å². The summed E-state index contributed by atoms with van der Waals surface area (Å²) in [4.78, 5) is 31.0. The molecule has 6 nitrogen and oxygen atoms in total. The predicted octanol–water partition coefficient (Wildman–Crippen LogP) is 3.20. The van der Waals surface area contributed by atoms with Gasteiger partial charge in [-0.05, 0) is 63.5 Å². The molecule has 154 valence electrons. The van der Waals surface area contributed by atoms with Gasteiger partial charge in [0.25, 0.3) is 0 Å². The average Bonchev–Trinajstić information content (AvgIpc) is 3.35. The van der Waals surface area contributed by atoms with Crippen molar-refractivity contribution in [3.05, 3.63) is 10.6 Å². The van der Waals surface area contributed by atoms with E-state index in [0.717, 1.165) is 51.0 Å². The van der Waals surface area contributed by atoms with E-state index >= 15 is 0 Å². The minimum Gasteiger partial charge on any atom is -0.355 e. The van der Waals surface area contributed by atoms with Crippen LogP contribution in [0.1, 0.15) is 74.3 Å². The molecule has 4 rings (SSSR count). The van der Waals surface area contributed by atoms with Crippen molar-refractivity contribution in [2.24, 2.45) is 11.8 Å². The van der Waals surface area contributed by atoms with Crippen molar-refractivity contribution in [3.8, 4) is 0 Å². The molecule has 0 bridgehead atoms. The van der Waals surface area contributed by atoms with E-state index in [1.54, 1.807) is 11.3 Å². The number of thiazole rings is 1. The highest BCUT2D eigenvalue weighted by molar-refractivity contribution is 7.15. The fraction of sp³-hybridized carbons (Fsp3) is 0.762. The normalized spacial score (nSPS) is 25.3. The number of anilines is 1. The first-order valence-electron chi connectivity index (χ1n) is 11.0. The van der Waals surface area contributed by atoms with Crippen LogP contribution in [0.4, 0.5) is 5.13 Å². The number of nitrogens with one attached hydrogen (secondary N) is 3. The van der Waals surface area contributed by atoms with Gasteiger partial charge in [0.15, 0.2) is 5.13 Å². The lowest BCUT2D eigenvalue weighted by atomic mass is 9.87. The Morgan fingerprint density at radius 2 is 1.93 bits per heavy atom. The van der Waals surface area contributed by atoms with Gasteiger partial charge in [-0.2, -0.15) is 0 Å². The zero-order valence-corrected chi connectivity index (χ0v) is 17.4. The van der Waals surface area contributed by atoms with E-state index in [9.17, 15) is 9.59 Å². The number of nitrogens with zero attached hydrogens (tertiary/aromatic N) is 1. The molecule has 2 aliphatic carbocycles. The Kier molecular flexibility index (Phi) is 6.62. The number of rotatable bonds is 6. The molecule has 1 saturated heterocycles. The Bertz CT molecular complexity index is 693. The van der Waals surface area contributed by atoms with E-state index in [4.69, 9.17) is 0 Å². The average molecular weight is 405 g/mol. The maximum absolute atomic E-state index is 12.8. The highest BCUT2D eigenvalue weighted by Gasteiger charge is 2.31. The van der Waals surface area contributed by atoms with Crippen LogP contribution in [-0.4, -0.2) is 36.4 Å². The molecule has 2 heterocycles. The first-order chi connectivity index (χ1) is 13.7. The van der Waals surface area contributed by atoms with Crippen LogP contribution in [-0.2, 0) is 16.0 Å². The van der Waals surface area contributed by atoms with Gasteiger partial charge in [0.05, 0.1) is 11.6 Å².